The van der Waals surface area contributed by atoms with E-state index >= 15 is 0 Å². The van der Waals surface area contributed by atoms with Crippen LogP contribution in [0.1, 0.15) is 45.6 Å². The molecule has 20 heavy (non-hydrogen) atoms. The predicted octanol–water partition coefficient (Wildman–Crippen LogP) is 2.36. The molecular weight excluding hydrogens is 249 g/mol. The Kier molecular flexibility index (Phi) is 2.34. The minimum atomic E-state index is -0.271. The lowest BCUT2D eigenvalue weighted by atomic mass is 9.64. The molecule has 106 valence electrons. The van der Waals surface area contributed by atoms with Gasteiger partial charge in [0.05, 0.1) is 12.2 Å². The van der Waals surface area contributed by atoms with E-state index < -0.39 is 0 Å². The number of aryl methyl sites for hydroxylation is 1. The Morgan fingerprint density at radius 1 is 1.35 bits per heavy atom. The number of hydrogen-bond donors (Lipinski definition) is 1. The summed E-state index contributed by atoms with van der Waals surface area (Å²) in [6, 6.07) is 4.40. The van der Waals surface area contributed by atoms with Crippen LogP contribution in [0.3, 0.4) is 0 Å². The van der Waals surface area contributed by atoms with Crippen molar-refractivity contribution in [2.24, 2.45) is 0 Å². The van der Waals surface area contributed by atoms with E-state index in [9.17, 15) is 0 Å². The van der Waals surface area contributed by atoms with Crippen LogP contribution >= 0.6 is 0 Å². The van der Waals surface area contributed by atoms with Crippen molar-refractivity contribution in [1.29, 1.82) is 0 Å². The van der Waals surface area contributed by atoms with Crippen molar-refractivity contribution >= 4 is 18.3 Å². The highest BCUT2D eigenvalue weighted by molar-refractivity contribution is 6.62. The van der Waals surface area contributed by atoms with Gasteiger partial charge in [0.1, 0.15) is 0 Å². The molecule has 2 heterocycles. The van der Waals surface area contributed by atoms with Crippen LogP contribution in [0.15, 0.2) is 12.1 Å². The molecule has 1 N–H and O–H groups in total. The van der Waals surface area contributed by atoms with Crippen molar-refractivity contribution in [2.75, 3.05) is 18.4 Å². The highest BCUT2D eigenvalue weighted by Gasteiger charge is 2.46. The van der Waals surface area contributed by atoms with Crippen LogP contribution < -0.4 is 10.8 Å². The van der Waals surface area contributed by atoms with Gasteiger partial charge >= 0.3 is 7.12 Å². The first-order chi connectivity index (χ1) is 9.91. The largest absolute Gasteiger partial charge is 0.494 e. The van der Waals surface area contributed by atoms with E-state index in [2.05, 4.69) is 38.2 Å². The molecule has 4 rings (SSSR count). The first-order valence-corrected chi connectivity index (χ1v) is 7.55. The molecule has 1 spiro atoms. The third-order valence-corrected chi connectivity index (χ3v) is 4.95. The minimum absolute atomic E-state index is 0.0197. The normalized spacial score (nSPS) is 29.9. The molecule has 0 aromatic heterocycles. The van der Waals surface area contributed by atoms with E-state index in [4.69, 9.17) is 10.7 Å². The summed E-state index contributed by atoms with van der Waals surface area (Å²) < 4.78 is 20.2. The number of rotatable bonds is 1. The van der Waals surface area contributed by atoms with Gasteiger partial charge in [-0.05, 0) is 56.3 Å². The molecule has 2 fully saturated rings. The highest BCUT2D eigenvalue weighted by Crippen LogP contribution is 2.50. The summed E-state index contributed by atoms with van der Waals surface area (Å²) in [4.78, 5) is 0. The standard InChI is InChI=1S/C16H22BNO2/c1-11-7-14-12(16(9-18-14)5-4-6-16)8-13(11)17-19-10-15(2,3)20-17/h7-8,18H,4-6,9-10H2,1-3H3/i9D. The molecule has 2 aliphatic heterocycles. The quantitative estimate of drug-likeness (QED) is 0.796. The summed E-state index contributed by atoms with van der Waals surface area (Å²) in [7, 11) is -0.271. The van der Waals surface area contributed by atoms with Gasteiger partial charge in [-0.3, -0.25) is 0 Å². The summed E-state index contributed by atoms with van der Waals surface area (Å²) in [5, 5.41) is 3.35. The smallest absolute Gasteiger partial charge is 0.404 e. The molecule has 1 saturated carbocycles. The summed E-state index contributed by atoms with van der Waals surface area (Å²) in [6.45, 7) is 6.63. The van der Waals surface area contributed by atoms with Crippen molar-refractivity contribution < 1.29 is 10.7 Å². The third kappa shape index (κ3) is 1.74. The van der Waals surface area contributed by atoms with Crippen LogP contribution in [0.2, 0.25) is 0 Å². The molecule has 1 aromatic rings. The Morgan fingerprint density at radius 3 is 2.75 bits per heavy atom. The number of benzene rings is 1. The fraction of sp³-hybridized carbons (Fsp3) is 0.625. The van der Waals surface area contributed by atoms with Crippen LogP contribution in [0.25, 0.3) is 0 Å². The topological polar surface area (TPSA) is 30.5 Å². The van der Waals surface area contributed by atoms with E-state index in [0.29, 0.717) is 6.61 Å². The Balaban J connectivity index is 1.75. The average molecular weight is 272 g/mol. The van der Waals surface area contributed by atoms with Crippen molar-refractivity contribution in [3.63, 3.8) is 0 Å². The lowest BCUT2D eigenvalue weighted by Crippen LogP contribution is -2.39. The predicted molar refractivity (Wildman–Crippen MR) is 81.7 cm³/mol. The zero-order valence-corrected chi connectivity index (χ0v) is 12.5. The molecule has 4 heteroatoms. The van der Waals surface area contributed by atoms with Gasteiger partial charge in [0.25, 0.3) is 0 Å². The second kappa shape index (κ2) is 4.02. The summed E-state index contributed by atoms with van der Waals surface area (Å²) in [6.07, 6.45) is 3.45. The molecule has 0 radical (unpaired) electrons. The number of nitrogens with one attached hydrogen (secondary N) is 1. The van der Waals surface area contributed by atoms with Crippen LogP contribution in [-0.4, -0.2) is 25.8 Å². The van der Waals surface area contributed by atoms with Gasteiger partial charge in [0.15, 0.2) is 0 Å². The molecule has 0 amide bonds. The number of fused-ring (bicyclic) bond motifs is 2. The van der Waals surface area contributed by atoms with Gasteiger partial charge in [0, 0.05) is 19.0 Å². The zero-order valence-electron chi connectivity index (χ0n) is 13.5. The van der Waals surface area contributed by atoms with Crippen molar-refractivity contribution in [1.82, 2.24) is 0 Å². The molecule has 1 aliphatic carbocycles. The first-order valence-electron chi connectivity index (χ1n) is 8.12. The van der Waals surface area contributed by atoms with Crippen LogP contribution in [0.5, 0.6) is 0 Å². The molecule has 3 nitrogen and oxygen atoms in total. The van der Waals surface area contributed by atoms with E-state index in [0.717, 1.165) is 24.0 Å². The second-order valence-corrected chi connectivity index (χ2v) is 7.07. The third-order valence-electron chi connectivity index (χ3n) is 4.95. The van der Waals surface area contributed by atoms with Crippen LogP contribution in [-0.2, 0) is 14.7 Å². The summed E-state index contributed by atoms with van der Waals surface area (Å²) in [5.41, 5.74) is 4.53. The van der Waals surface area contributed by atoms with Crippen molar-refractivity contribution in [3.05, 3.63) is 23.3 Å². The van der Waals surface area contributed by atoms with E-state index in [1.54, 1.807) is 0 Å². The molecule has 1 aromatic carbocycles. The fourth-order valence-electron chi connectivity index (χ4n) is 3.56. The minimum Gasteiger partial charge on any atom is -0.404 e. The van der Waals surface area contributed by atoms with Crippen LogP contribution in [0.4, 0.5) is 5.69 Å². The summed E-state index contributed by atoms with van der Waals surface area (Å²) >= 11 is 0. The SMILES string of the molecule is [2H]C1Nc2cc(C)c(B3OCC(C)(C)O3)cc2C12CCC2. The Labute approximate surface area is 122 Å². The molecule has 1 saturated heterocycles. The van der Waals surface area contributed by atoms with E-state index in [-0.39, 0.29) is 24.7 Å². The zero-order chi connectivity index (χ0) is 14.8. The summed E-state index contributed by atoms with van der Waals surface area (Å²) in [5.74, 6) is 0. The fourth-order valence-corrected chi connectivity index (χ4v) is 3.56. The van der Waals surface area contributed by atoms with E-state index in [1.807, 2.05) is 0 Å². The Hall–Kier alpha value is -0.995. The Bertz CT molecular complexity index is 600. The average Bonchev–Trinajstić information content (AvgIpc) is 2.83. The second-order valence-electron chi connectivity index (χ2n) is 7.07. The maximum Gasteiger partial charge on any atom is 0.494 e. The van der Waals surface area contributed by atoms with Crippen molar-refractivity contribution in [3.8, 4) is 0 Å². The molecule has 0 bridgehead atoms. The molecule has 1 unspecified atom stereocenters. The van der Waals surface area contributed by atoms with Gasteiger partial charge in [0.2, 0.25) is 0 Å². The highest BCUT2D eigenvalue weighted by atomic mass is 16.7. The van der Waals surface area contributed by atoms with Crippen molar-refractivity contribution in [2.45, 2.75) is 51.0 Å². The first kappa shape index (κ1) is 11.6. The van der Waals surface area contributed by atoms with Gasteiger partial charge in [-0.25, -0.2) is 0 Å². The monoisotopic (exact) mass is 272 g/mol. The van der Waals surface area contributed by atoms with E-state index in [1.165, 1.54) is 17.5 Å². The molecule has 1 atom stereocenters. The number of hydrogen-bond acceptors (Lipinski definition) is 3. The Morgan fingerprint density at radius 2 is 2.15 bits per heavy atom. The van der Waals surface area contributed by atoms with Gasteiger partial charge in [-0.15, -0.1) is 0 Å². The van der Waals surface area contributed by atoms with Crippen LogP contribution in [0, 0.1) is 6.92 Å². The lowest BCUT2D eigenvalue weighted by molar-refractivity contribution is 0.137. The van der Waals surface area contributed by atoms with Gasteiger partial charge < -0.3 is 14.6 Å². The maximum absolute atomic E-state index is 8.36. The molecular formula is C16H22BNO2. The van der Waals surface area contributed by atoms with Gasteiger partial charge in [-0.2, -0.15) is 0 Å². The number of anilines is 1. The lowest BCUT2D eigenvalue weighted by Gasteiger charge is -2.38. The molecule has 3 aliphatic rings. The maximum atomic E-state index is 8.36. The van der Waals surface area contributed by atoms with Gasteiger partial charge in [-0.1, -0.05) is 12.5 Å².